The van der Waals surface area contributed by atoms with Crippen LogP contribution in [-0.4, -0.2) is 15.2 Å². The number of aromatic nitrogens is 1. The second kappa shape index (κ2) is 5.22. The van der Waals surface area contributed by atoms with E-state index in [9.17, 15) is 9.18 Å². The van der Waals surface area contributed by atoms with E-state index in [1.165, 1.54) is 40.9 Å². The summed E-state index contributed by atoms with van der Waals surface area (Å²) in [5.41, 5.74) is 1.41. The maximum absolute atomic E-state index is 12.9. The number of anilines is 1. The fraction of sp³-hybridized carbons (Fsp3) is 0. The average molecular weight is 304 g/mol. The first-order valence-electron chi connectivity index (χ1n) is 5.82. The van der Waals surface area contributed by atoms with E-state index in [1.807, 2.05) is 12.1 Å². The van der Waals surface area contributed by atoms with Crippen LogP contribution in [0.3, 0.4) is 0 Å². The number of thioether (sulfide) groups is 1. The molecule has 0 bridgehead atoms. The quantitative estimate of drug-likeness (QED) is 0.681. The minimum atomic E-state index is -0.346. The van der Waals surface area contributed by atoms with Gasteiger partial charge in [-0.2, -0.15) is 0 Å². The van der Waals surface area contributed by atoms with Crippen molar-refractivity contribution in [3.8, 4) is 0 Å². The summed E-state index contributed by atoms with van der Waals surface area (Å²) in [6.45, 7) is 0. The Kier molecular flexibility index (Phi) is 3.42. The van der Waals surface area contributed by atoms with Crippen molar-refractivity contribution in [3.05, 3.63) is 59.0 Å². The standard InChI is InChI=1S/C14H9FN2OS2/c15-9-3-5-11(6-4-9)17-13(18)12(20-14(17)19)8-10-2-1-7-16-10/h1-8,16H. The lowest BCUT2D eigenvalue weighted by Crippen LogP contribution is -2.27. The van der Waals surface area contributed by atoms with Crippen molar-refractivity contribution in [1.82, 2.24) is 4.98 Å². The first kappa shape index (κ1) is 13.1. The molecule has 1 fully saturated rings. The molecule has 1 aromatic carbocycles. The third-order valence-electron chi connectivity index (χ3n) is 2.79. The van der Waals surface area contributed by atoms with E-state index in [4.69, 9.17) is 12.2 Å². The van der Waals surface area contributed by atoms with E-state index >= 15 is 0 Å². The van der Waals surface area contributed by atoms with Crippen LogP contribution >= 0.6 is 24.0 Å². The predicted octanol–water partition coefficient (Wildman–Crippen LogP) is 3.56. The Labute approximate surface area is 124 Å². The van der Waals surface area contributed by atoms with Gasteiger partial charge in [-0.1, -0.05) is 24.0 Å². The van der Waals surface area contributed by atoms with E-state index < -0.39 is 0 Å². The summed E-state index contributed by atoms with van der Waals surface area (Å²) in [6.07, 6.45) is 3.54. The Morgan fingerprint density at radius 2 is 2.00 bits per heavy atom. The van der Waals surface area contributed by atoms with Gasteiger partial charge < -0.3 is 4.98 Å². The molecule has 0 aliphatic carbocycles. The number of benzene rings is 1. The lowest BCUT2D eigenvalue weighted by molar-refractivity contribution is -0.113. The van der Waals surface area contributed by atoms with Crippen LogP contribution in [-0.2, 0) is 4.79 Å². The summed E-state index contributed by atoms with van der Waals surface area (Å²) in [4.78, 5) is 17.3. The molecule has 1 aromatic heterocycles. The minimum absolute atomic E-state index is 0.193. The maximum Gasteiger partial charge on any atom is 0.270 e. The molecule has 1 N–H and O–H groups in total. The first-order chi connectivity index (χ1) is 9.65. The molecular formula is C14H9FN2OS2. The number of thiocarbonyl (C=S) groups is 1. The Hall–Kier alpha value is -1.92. The van der Waals surface area contributed by atoms with Crippen LogP contribution in [0.25, 0.3) is 6.08 Å². The number of carbonyl (C=O) groups is 1. The van der Waals surface area contributed by atoms with Gasteiger partial charge in [0.15, 0.2) is 4.32 Å². The zero-order valence-corrected chi connectivity index (χ0v) is 11.8. The van der Waals surface area contributed by atoms with Gasteiger partial charge in [-0.15, -0.1) is 0 Å². The summed E-state index contributed by atoms with van der Waals surface area (Å²) in [6, 6.07) is 9.41. The summed E-state index contributed by atoms with van der Waals surface area (Å²) >= 11 is 6.46. The van der Waals surface area contributed by atoms with Gasteiger partial charge in [0.05, 0.1) is 10.6 Å². The van der Waals surface area contributed by atoms with Crippen LogP contribution in [0.15, 0.2) is 47.5 Å². The fourth-order valence-electron chi connectivity index (χ4n) is 1.86. The topological polar surface area (TPSA) is 36.1 Å². The van der Waals surface area contributed by atoms with Crippen molar-refractivity contribution < 1.29 is 9.18 Å². The van der Waals surface area contributed by atoms with Gasteiger partial charge in [0.25, 0.3) is 5.91 Å². The number of aromatic amines is 1. The van der Waals surface area contributed by atoms with E-state index in [0.717, 1.165) is 5.69 Å². The Morgan fingerprint density at radius 1 is 1.25 bits per heavy atom. The second-order valence-corrected chi connectivity index (χ2v) is 5.79. The predicted molar refractivity (Wildman–Crippen MR) is 82.8 cm³/mol. The number of nitrogens with zero attached hydrogens (tertiary/aromatic N) is 1. The van der Waals surface area contributed by atoms with Gasteiger partial charge in [-0.3, -0.25) is 9.69 Å². The Balaban J connectivity index is 1.93. The van der Waals surface area contributed by atoms with E-state index in [1.54, 1.807) is 12.3 Å². The van der Waals surface area contributed by atoms with Gasteiger partial charge in [-0.05, 0) is 42.5 Å². The number of hydrogen-bond acceptors (Lipinski definition) is 3. The van der Waals surface area contributed by atoms with Gasteiger partial charge in [0.2, 0.25) is 0 Å². The van der Waals surface area contributed by atoms with Gasteiger partial charge in [0.1, 0.15) is 5.82 Å². The smallest absolute Gasteiger partial charge is 0.270 e. The number of nitrogens with one attached hydrogen (secondary N) is 1. The van der Waals surface area contributed by atoms with Crippen molar-refractivity contribution in [2.24, 2.45) is 0 Å². The summed E-state index contributed by atoms with van der Waals surface area (Å²) in [7, 11) is 0. The van der Waals surface area contributed by atoms with Gasteiger partial charge in [-0.25, -0.2) is 4.39 Å². The van der Waals surface area contributed by atoms with Crippen LogP contribution in [0.5, 0.6) is 0 Å². The first-order valence-corrected chi connectivity index (χ1v) is 7.04. The van der Waals surface area contributed by atoms with Crippen molar-refractivity contribution >= 4 is 46.0 Å². The molecule has 20 heavy (non-hydrogen) atoms. The third kappa shape index (κ3) is 2.39. The molecule has 1 aliphatic heterocycles. The highest BCUT2D eigenvalue weighted by Crippen LogP contribution is 2.35. The lowest BCUT2D eigenvalue weighted by atomic mass is 10.2. The van der Waals surface area contributed by atoms with Crippen LogP contribution in [0.4, 0.5) is 10.1 Å². The molecule has 1 aliphatic rings. The summed E-state index contributed by atoms with van der Waals surface area (Å²) < 4.78 is 13.4. The Bertz CT molecular complexity index is 692. The fourth-order valence-corrected chi connectivity index (χ4v) is 3.15. The monoisotopic (exact) mass is 304 g/mol. The van der Waals surface area contributed by atoms with E-state index in [2.05, 4.69) is 4.98 Å². The maximum atomic E-state index is 12.9. The molecule has 0 unspecified atom stereocenters. The molecule has 0 spiro atoms. The third-order valence-corrected chi connectivity index (χ3v) is 4.09. The van der Waals surface area contributed by atoms with Crippen molar-refractivity contribution in [2.75, 3.05) is 4.90 Å². The van der Waals surface area contributed by atoms with Crippen LogP contribution in [0.2, 0.25) is 0 Å². The largest absolute Gasteiger partial charge is 0.362 e. The number of carbonyl (C=O) groups excluding carboxylic acids is 1. The molecule has 2 aromatic rings. The highest BCUT2D eigenvalue weighted by atomic mass is 32.2. The lowest BCUT2D eigenvalue weighted by Gasteiger charge is -2.14. The average Bonchev–Trinajstić information content (AvgIpc) is 3.02. The highest BCUT2D eigenvalue weighted by molar-refractivity contribution is 8.27. The van der Waals surface area contributed by atoms with Crippen molar-refractivity contribution in [1.29, 1.82) is 0 Å². The number of hydrogen-bond donors (Lipinski definition) is 1. The normalized spacial score (nSPS) is 17.2. The van der Waals surface area contributed by atoms with Gasteiger partial charge in [0, 0.05) is 11.9 Å². The Morgan fingerprint density at radius 3 is 2.65 bits per heavy atom. The molecule has 1 amide bonds. The zero-order chi connectivity index (χ0) is 14.1. The SMILES string of the molecule is O=C1C(=Cc2ccc[nH]2)SC(=S)N1c1ccc(F)cc1. The van der Waals surface area contributed by atoms with E-state index in [-0.39, 0.29) is 11.7 Å². The molecule has 1 saturated heterocycles. The minimum Gasteiger partial charge on any atom is -0.362 e. The molecule has 0 saturated carbocycles. The highest BCUT2D eigenvalue weighted by Gasteiger charge is 2.33. The molecular weight excluding hydrogens is 295 g/mol. The van der Waals surface area contributed by atoms with E-state index in [0.29, 0.717) is 14.9 Å². The van der Waals surface area contributed by atoms with Crippen molar-refractivity contribution in [2.45, 2.75) is 0 Å². The molecule has 0 atom stereocenters. The second-order valence-electron chi connectivity index (χ2n) is 4.12. The molecule has 2 heterocycles. The van der Waals surface area contributed by atoms with Crippen LogP contribution < -0.4 is 4.90 Å². The summed E-state index contributed by atoms with van der Waals surface area (Å²) in [5, 5.41) is 0. The van der Waals surface area contributed by atoms with Crippen molar-refractivity contribution in [3.63, 3.8) is 0 Å². The number of halogens is 1. The number of amides is 1. The zero-order valence-electron chi connectivity index (χ0n) is 10.2. The molecule has 0 radical (unpaired) electrons. The molecule has 6 heteroatoms. The number of rotatable bonds is 2. The molecule has 3 rings (SSSR count). The molecule has 3 nitrogen and oxygen atoms in total. The molecule has 100 valence electrons. The van der Waals surface area contributed by atoms with Crippen LogP contribution in [0, 0.1) is 5.82 Å². The van der Waals surface area contributed by atoms with Gasteiger partial charge >= 0.3 is 0 Å². The summed E-state index contributed by atoms with van der Waals surface area (Å²) in [5.74, 6) is -0.540. The van der Waals surface area contributed by atoms with Crippen LogP contribution in [0.1, 0.15) is 5.69 Å². The number of H-pyrrole nitrogens is 1.